The lowest BCUT2D eigenvalue weighted by Gasteiger charge is -2.31. The molecule has 1 aromatic heterocycles. The molecule has 30 heavy (non-hydrogen) atoms. The minimum Gasteiger partial charge on any atom is -0.458 e. The highest BCUT2D eigenvalue weighted by atomic mass is 19.1. The molecule has 3 heterocycles. The number of carbonyl (C=O) groups excluding carboxylic acids is 1. The van der Waals surface area contributed by atoms with Crippen molar-refractivity contribution in [2.75, 3.05) is 0 Å². The van der Waals surface area contributed by atoms with Crippen molar-refractivity contribution in [3.63, 3.8) is 0 Å². The molecule has 156 valence electrons. The fourth-order valence-corrected chi connectivity index (χ4v) is 5.21. The molecule has 0 radical (unpaired) electrons. The monoisotopic (exact) mass is 409 g/mol. The van der Waals surface area contributed by atoms with Crippen molar-refractivity contribution in [1.82, 2.24) is 4.57 Å². The van der Waals surface area contributed by atoms with Gasteiger partial charge in [0.15, 0.2) is 5.60 Å². The van der Waals surface area contributed by atoms with E-state index in [1.54, 1.807) is 17.6 Å². The van der Waals surface area contributed by atoms with Crippen molar-refractivity contribution in [2.24, 2.45) is 0 Å². The number of aromatic nitrogens is 1. The van der Waals surface area contributed by atoms with E-state index >= 15 is 0 Å². The summed E-state index contributed by atoms with van der Waals surface area (Å²) in [5.41, 5.74) is 4.75. The number of halogens is 1. The van der Waals surface area contributed by atoms with Crippen molar-refractivity contribution >= 4 is 11.5 Å². The van der Waals surface area contributed by atoms with E-state index in [1.807, 2.05) is 13.0 Å². The Balaban J connectivity index is 1.64. The van der Waals surface area contributed by atoms with Crippen molar-refractivity contribution < 1.29 is 19.0 Å². The van der Waals surface area contributed by atoms with Gasteiger partial charge in [-0.15, -0.1) is 0 Å². The molecule has 0 amide bonds. The van der Waals surface area contributed by atoms with Gasteiger partial charge in [0.05, 0.1) is 5.56 Å². The summed E-state index contributed by atoms with van der Waals surface area (Å²) in [5.74, 6) is -0.876. The number of cyclic esters (lactones) is 1. The summed E-state index contributed by atoms with van der Waals surface area (Å²) < 4.78 is 20.9. The standard InChI is InChI=1S/C24H24FNO4/c1-3-24(29)20-10-15-9-14(11-26(15)22(27)19(20)12-30-23(24)28)17-6-4-5-16-13(2)21(25)8-7-18(16)17/h7-8,10,29H,3-6,9,11-12H2,1-2H3/b17-14+/t24-/m0/s1. The van der Waals surface area contributed by atoms with Crippen LogP contribution in [0, 0.1) is 12.7 Å². The van der Waals surface area contributed by atoms with Crippen molar-refractivity contribution in [3.05, 3.63) is 73.5 Å². The van der Waals surface area contributed by atoms with Gasteiger partial charge < -0.3 is 14.4 Å². The molecule has 1 atom stereocenters. The predicted molar refractivity (Wildman–Crippen MR) is 109 cm³/mol. The molecule has 1 aromatic carbocycles. The number of nitrogens with zero attached hydrogens (tertiary/aromatic N) is 1. The lowest BCUT2D eigenvalue weighted by molar-refractivity contribution is -0.172. The minimum atomic E-state index is -1.77. The number of aliphatic hydroxyl groups is 1. The van der Waals surface area contributed by atoms with E-state index < -0.39 is 11.6 Å². The summed E-state index contributed by atoms with van der Waals surface area (Å²) in [4.78, 5) is 25.4. The summed E-state index contributed by atoms with van der Waals surface area (Å²) in [7, 11) is 0. The third-order valence-corrected chi connectivity index (χ3v) is 7.01. The smallest absolute Gasteiger partial charge is 0.343 e. The molecular formula is C24H24FNO4. The SMILES string of the molecule is CC[C@@]1(O)C(=O)OCc2c1cc1n(c2=O)C/C(=C2\CCCc3c2ccc(F)c3C)C1. The van der Waals surface area contributed by atoms with E-state index in [0.29, 0.717) is 29.7 Å². The highest BCUT2D eigenvalue weighted by molar-refractivity contribution is 5.83. The molecule has 1 N–H and O–H groups in total. The van der Waals surface area contributed by atoms with Crippen LogP contribution in [-0.2, 0) is 41.1 Å². The van der Waals surface area contributed by atoms with Gasteiger partial charge in [-0.05, 0) is 72.6 Å². The third-order valence-electron chi connectivity index (χ3n) is 7.01. The lowest BCUT2D eigenvalue weighted by atomic mass is 9.82. The van der Waals surface area contributed by atoms with Crippen LogP contribution in [-0.4, -0.2) is 15.6 Å². The summed E-state index contributed by atoms with van der Waals surface area (Å²) in [6, 6.07) is 5.18. The number of benzene rings is 1. The van der Waals surface area contributed by atoms with E-state index in [9.17, 15) is 19.1 Å². The average molecular weight is 409 g/mol. The number of esters is 1. The number of hydrogen-bond acceptors (Lipinski definition) is 4. The second kappa shape index (κ2) is 6.64. The molecule has 1 aliphatic carbocycles. The molecule has 5 rings (SSSR count). The van der Waals surface area contributed by atoms with Crippen molar-refractivity contribution in [2.45, 2.75) is 64.7 Å². The maximum atomic E-state index is 14.1. The van der Waals surface area contributed by atoms with Crippen LogP contribution in [0.15, 0.2) is 28.6 Å². The summed E-state index contributed by atoms with van der Waals surface area (Å²) in [6.07, 6.45) is 3.45. The maximum Gasteiger partial charge on any atom is 0.343 e. The van der Waals surface area contributed by atoms with Gasteiger partial charge in [-0.3, -0.25) is 4.79 Å². The minimum absolute atomic E-state index is 0.108. The van der Waals surface area contributed by atoms with Crippen LogP contribution >= 0.6 is 0 Å². The van der Waals surface area contributed by atoms with E-state index in [2.05, 4.69) is 0 Å². The Labute approximate surface area is 173 Å². The largest absolute Gasteiger partial charge is 0.458 e. The number of ether oxygens (including phenoxy) is 1. The van der Waals surface area contributed by atoms with Gasteiger partial charge in [-0.25, -0.2) is 9.18 Å². The Morgan fingerprint density at radius 2 is 2.03 bits per heavy atom. The lowest BCUT2D eigenvalue weighted by Crippen LogP contribution is -2.44. The maximum absolute atomic E-state index is 14.1. The van der Waals surface area contributed by atoms with Gasteiger partial charge in [0, 0.05) is 24.2 Å². The molecule has 2 aliphatic heterocycles. The Morgan fingerprint density at radius 3 is 2.80 bits per heavy atom. The van der Waals surface area contributed by atoms with E-state index in [1.165, 1.54) is 11.6 Å². The van der Waals surface area contributed by atoms with E-state index in [-0.39, 0.29) is 24.4 Å². The first-order valence-electron chi connectivity index (χ1n) is 10.5. The number of rotatable bonds is 1. The van der Waals surface area contributed by atoms with Crippen molar-refractivity contribution in [1.29, 1.82) is 0 Å². The first-order valence-corrected chi connectivity index (χ1v) is 10.5. The van der Waals surface area contributed by atoms with E-state index in [0.717, 1.165) is 41.7 Å². The zero-order valence-electron chi connectivity index (χ0n) is 17.2. The molecule has 0 saturated heterocycles. The number of allylic oxidation sites excluding steroid dienone is 2. The molecule has 0 spiro atoms. The molecule has 0 unspecified atom stereocenters. The van der Waals surface area contributed by atoms with Crippen LogP contribution in [0.5, 0.6) is 0 Å². The van der Waals surface area contributed by atoms with Crippen LogP contribution in [0.4, 0.5) is 4.39 Å². The molecule has 0 fully saturated rings. The Bertz CT molecular complexity index is 1190. The van der Waals surface area contributed by atoms with Crippen LogP contribution in [0.3, 0.4) is 0 Å². The van der Waals surface area contributed by atoms with Gasteiger partial charge >= 0.3 is 5.97 Å². The summed E-state index contributed by atoms with van der Waals surface area (Å²) in [5, 5.41) is 10.9. The predicted octanol–water partition coefficient (Wildman–Crippen LogP) is 3.30. The Hall–Kier alpha value is -2.73. The van der Waals surface area contributed by atoms with Crippen LogP contribution in [0.25, 0.3) is 5.57 Å². The van der Waals surface area contributed by atoms with Gasteiger partial charge in [0.1, 0.15) is 12.4 Å². The van der Waals surface area contributed by atoms with Crippen LogP contribution in [0.2, 0.25) is 0 Å². The normalized spacial score (nSPS) is 24.9. The first-order chi connectivity index (χ1) is 14.3. The van der Waals surface area contributed by atoms with Crippen LogP contribution in [0.1, 0.15) is 59.7 Å². The zero-order valence-corrected chi connectivity index (χ0v) is 17.2. The van der Waals surface area contributed by atoms with Gasteiger partial charge in [0.2, 0.25) is 0 Å². The Kier molecular flexibility index (Phi) is 4.26. The summed E-state index contributed by atoms with van der Waals surface area (Å²) in [6.45, 7) is 3.90. The molecule has 6 heteroatoms. The number of hydrogen-bond donors (Lipinski definition) is 1. The number of fused-ring (bicyclic) bond motifs is 3. The molecule has 0 bridgehead atoms. The Morgan fingerprint density at radius 1 is 1.23 bits per heavy atom. The second-order valence-corrected chi connectivity index (χ2v) is 8.52. The van der Waals surface area contributed by atoms with Crippen LogP contribution < -0.4 is 5.56 Å². The van der Waals surface area contributed by atoms with Gasteiger partial charge in [-0.1, -0.05) is 13.0 Å². The molecule has 5 nitrogen and oxygen atoms in total. The highest BCUT2D eigenvalue weighted by Gasteiger charge is 2.45. The molecule has 3 aliphatic rings. The second-order valence-electron chi connectivity index (χ2n) is 8.52. The first kappa shape index (κ1) is 19.2. The average Bonchev–Trinajstić information content (AvgIpc) is 3.18. The van der Waals surface area contributed by atoms with Gasteiger partial charge in [-0.2, -0.15) is 0 Å². The zero-order chi connectivity index (χ0) is 21.2. The highest BCUT2D eigenvalue weighted by Crippen LogP contribution is 2.40. The molecule has 0 saturated carbocycles. The van der Waals surface area contributed by atoms with E-state index in [4.69, 9.17) is 4.74 Å². The number of carbonyl (C=O) groups is 1. The quantitative estimate of drug-likeness (QED) is 0.734. The summed E-state index contributed by atoms with van der Waals surface area (Å²) >= 11 is 0. The number of pyridine rings is 1. The fourth-order valence-electron chi connectivity index (χ4n) is 5.21. The molecular weight excluding hydrogens is 385 g/mol. The third kappa shape index (κ3) is 2.56. The molecule has 2 aromatic rings. The van der Waals surface area contributed by atoms with Gasteiger partial charge in [0.25, 0.3) is 5.56 Å². The fraction of sp³-hybridized carbons (Fsp3) is 0.417. The van der Waals surface area contributed by atoms with Crippen molar-refractivity contribution in [3.8, 4) is 0 Å². The topological polar surface area (TPSA) is 68.5 Å².